The summed E-state index contributed by atoms with van der Waals surface area (Å²) in [4.78, 5) is 1.11. The van der Waals surface area contributed by atoms with E-state index >= 15 is 0 Å². The molecule has 1 heterocycles. The molecule has 5 heteroatoms. The fourth-order valence-corrected chi connectivity index (χ4v) is 2.45. The molecule has 0 aliphatic heterocycles. The lowest BCUT2D eigenvalue weighted by atomic mass is 10.0. The molecule has 3 nitrogen and oxygen atoms in total. The van der Waals surface area contributed by atoms with E-state index in [1.807, 2.05) is 35.7 Å². The van der Waals surface area contributed by atoms with Crippen molar-refractivity contribution in [1.29, 1.82) is 0 Å². The number of methoxy groups -OCH3 is 2. The lowest BCUT2D eigenvalue weighted by Gasteiger charge is -2.15. The highest BCUT2D eigenvalue weighted by molar-refractivity contribution is 7.10. The van der Waals surface area contributed by atoms with Gasteiger partial charge in [0.05, 0.1) is 20.3 Å². The minimum Gasteiger partial charge on any atom is -0.497 e. The number of halogens is 1. The summed E-state index contributed by atoms with van der Waals surface area (Å²) in [6.07, 6.45) is 0. The third-order valence-corrected chi connectivity index (χ3v) is 3.58. The summed E-state index contributed by atoms with van der Waals surface area (Å²) in [6.45, 7) is 0. The van der Waals surface area contributed by atoms with E-state index in [-0.39, 0.29) is 18.4 Å². The van der Waals surface area contributed by atoms with Crippen LogP contribution in [0.25, 0.3) is 0 Å². The largest absolute Gasteiger partial charge is 0.497 e. The first-order valence-corrected chi connectivity index (χ1v) is 6.15. The van der Waals surface area contributed by atoms with Crippen molar-refractivity contribution in [1.82, 2.24) is 0 Å². The van der Waals surface area contributed by atoms with Crippen LogP contribution in [0.5, 0.6) is 11.5 Å². The Kier molecular flexibility index (Phi) is 5.47. The third-order valence-electron chi connectivity index (χ3n) is 2.62. The van der Waals surface area contributed by atoms with Crippen LogP contribution in [0.15, 0.2) is 35.7 Å². The summed E-state index contributed by atoms with van der Waals surface area (Å²) in [5.41, 5.74) is 7.17. The molecule has 0 saturated carbocycles. The average Bonchev–Trinajstić information content (AvgIpc) is 2.91. The molecule has 0 radical (unpaired) electrons. The molecule has 0 bridgehead atoms. The van der Waals surface area contributed by atoms with Gasteiger partial charge in [-0.15, -0.1) is 23.7 Å². The average molecular weight is 286 g/mol. The predicted octanol–water partition coefficient (Wildman–Crippen LogP) is 3.24. The monoisotopic (exact) mass is 285 g/mol. The Balaban J connectivity index is 0.00000162. The van der Waals surface area contributed by atoms with Gasteiger partial charge in [-0.05, 0) is 29.6 Å². The molecule has 0 aliphatic rings. The van der Waals surface area contributed by atoms with Gasteiger partial charge in [-0.1, -0.05) is 6.07 Å². The second kappa shape index (κ2) is 6.64. The molecule has 0 amide bonds. The van der Waals surface area contributed by atoms with Gasteiger partial charge in [-0.2, -0.15) is 0 Å². The van der Waals surface area contributed by atoms with E-state index < -0.39 is 0 Å². The standard InChI is InChI=1S/C13H15NO2S.ClH/c1-15-9-5-6-11(16-2)10(8-9)13(14)12-4-3-7-17-12;/h3-8,13H,14H2,1-2H3;1H/t13-;/m1./s1. The van der Waals surface area contributed by atoms with Gasteiger partial charge in [-0.3, -0.25) is 0 Å². The zero-order chi connectivity index (χ0) is 12.3. The first kappa shape index (κ1) is 14.8. The number of rotatable bonds is 4. The van der Waals surface area contributed by atoms with E-state index in [9.17, 15) is 0 Å². The Labute approximate surface area is 117 Å². The highest BCUT2D eigenvalue weighted by atomic mass is 35.5. The van der Waals surface area contributed by atoms with Gasteiger partial charge in [0.25, 0.3) is 0 Å². The summed E-state index contributed by atoms with van der Waals surface area (Å²) in [6, 6.07) is 9.50. The molecular weight excluding hydrogens is 270 g/mol. The van der Waals surface area contributed by atoms with E-state index in [0.29, 0.717) is 0 Å². The Morgan fingerprint density at radius 1 is 1.17 bits per heavy atom. The van der Waals surface area contributed by atoms with Gasteiger partial charge in [0.15, 0.2) is 0 Å². The fourth-order valence-electron chi connectivity index (χ4n) is 1.70. The summed E-state index contributed by atoms with van der Waals surface area (Å²) in [7, 11) is 3.29. The predicted molar refractivity (Wildman–Crippen MR) is 77.1 cm³/mol. The number of hydrogen-bond donors (Lipinski definition) is 1. The minimum absolute atomic E-state index is 0. The van der Waals surface area contributed by atoms with E-state index in [2.05, 4.69) is 0 Å². The van der Waals surface area contributed by atoms with Gasteiger partial charge >= 0.3 is 0 Å². The van der Waals surface area contributed by atoms with Gasteiger partial charge in [0, 0.05) is 10.4 Å². The Hall–Kier alpha value is -1.23. The second-order valence-electron chi connectivity index (χ2n) is 3.60. The Morgan fingerprint density at radius 3 is 2.50 bits per heavy atom. The molecule has 1 atom stereocenters. The second-order valence-corrected chi connectivity index (χ2v) is 4.58. The van der Waals surface area contributed by atoms with Crippen molar-refractivity contribution in [3.05, 3.63) is 46.2 Å². The van der Waals surface area contributed by atoms with Crippen molar-refractivity contribution in [3.8, 4) is 11.5 Å². The van der Waals surface area contributed by atoms with Crippen LogP contribution < -0.4 is 15.2 Å². The van der Waals surface area contributed by atoms with E-state index in [4.69, 9.17) is 15.2 Å². The molecule has 0 fully saturated rings. The minimum atomic E-state index is -0.181. The van der Waals surface area contributed by atoms with Crippen molar-refractivity contribution in [2.24, 2.45) is 5.73 Å². The zero-order valence-corrected chi connectivity index (χ0v) is 11.9. The SMILES string of the molecule is COc1ccc(OC)c([C@@H](N)c2cccs2)c1.Cl. The number of thiophene rings is 1. The first-order valence-electron chi connectivity index (χ1n) is 5.27. The van der Waals surface area contributed by atoms with Crippen molar-refractivity contribution in [3.63, 3.8) is 0 Å². The maximum atomic E-state index is 6.24. The maximum absolute atomic E-state index is 6.24. The van der Waals surface area contributed by atoms with E-state index in [1.54, 1.807) is 25.6 Å². The molecule has 2 rings (SSSR count). The van der Waals surface area contributed by atoms with E-state index in [1.165, 1.54) is 0 Å². The van der Waals surface area contributed by atoms with Crippen molar-refractivity contribution in [2.45, 2.75) is 6.04 Å². The molecule has 2 aromatic rings. The van der Waals surface area contributed by atoms with Gasteiger partial charge < -0.3 is 15.2 Å². The molecule has 1 aromatic heterocycles. The van der Waals surface area contributed by atoms with Crippen molar-refractivity contribution < 1.29 is 9.47 Å². The van der Waals surface area contributed by atoms with Crippen LogP contribution in [0.4, 0.5) is 0 Å². The van der Waals surface area contributed by atoms with E-state index in [0.717, 1.165) is 21.9 Å². The van der Waals surface area contributed by atoms with Gasteiger partial charge in [0.2, 0.25) is 0 Å². The Bertz CT molecular complexity index is 488. The Morgan fingerprint density at radius 2 is 1.94 bits per heavy atom. The highest BCUT2D eigenvalue weighted by Crippen LogP contribution is 2.33. The summed E-state index contributed by atoms with van der Waals surface area (Å²) < 4.78 is 10.5. The number of hydrogen-bond acceptors (Lipinski definition) is 4. The quantitative estimate of drug-likeness (QED) is 0.938. The normalized spacial score (nSPS) is 11.5. The van der Waals surface area contributed by atoms with Crippen molar-refractivity contribution >= 4 is 23.7 Å². The van der Waals surface area contributed by atoms with Crippen molar-refractivity contribution in [2.75, 3.05) is 14.2 Å². The number of benzene rings is 1. The molecule has 0 saturated heterocycles. The van der Waals surface area contributed by atoms with Crippen LogP contribution in [0.2, 0.25) is 0 Å². The third kappa shape index (κ3) is 2.96. The molecule has 18 heavy (non-hydrogen) atoms. The number of ether oxygens (including phenoxy) is 2. The smallest absolute Gasteiger partial charge is 0.124 e. The topological polar surface area (TPSA) is 44.5 Å². The molecular formula is C13H16ClNO2S. The summed E-state index contributed by atoms with van der Waals surface area (Å²) >= 11 is 1.64. The van der Waals surface area contributed by atoms with Gasteiger partial charge in [-0.25, -0.2) is 0 Å². The molecule has 98 valence electrons. The van der Waals surface area contributed by atoms with Crippen LogP contribution in [-0.2, 0) is 0 Å². The molecule has 1 aromatic carbocycles. The lowest BCUT2D eigenvalue weighted by molar-refractivity contribution is 0.397. The number of nitrogens with two attached hydrogens (primary N) is 1. The lowest BCUT2D eigenvalue weighted by Crippen LogP contribution is -2.11. The zero-order valence-electron chi connectivity index (χ0n) is 10.3. The maximum Gasteiger partial charge on any atom is 0.124 e. The molecule has 0 unspecified atom stereocenters. The summed E-state index contributed by atoms with van der Waals surface area (Å²) in [5.74, 6) is 1.57. The molecule has 0 spiro atoms. The molecule has 2 N–H and O–H groups in total. The summed E-state index contributed by atoms with van der Waals surface area (Å²) in [5, 5.41) is 2.02. The van der Waals surface area contributed by atoms with Crippen LogP contribution in [0.1, 0.15) is 16.5 Å². The fraction of sp³-hybridized carbons (Fsp3) is 0.231. The van der Waals surface area contributed by atoms with Gasteiger partial charge in [0.1, 0.15) is 11.5 Å². The highest BCUT2D eigenvalue weighted by Gasteiger charge is 2.15. The van der Waals surface area contributed by atoms with Crippen LogP contribution in [0, 0.1) is 0 Å². The van der Waals surface area contributed by atoms with Crippen LogP contribution in [0.3, 0.4) is 0 Å². The van der Waals surface area contributed by atoms with Crippen LogP contribution >= 0.6 is 23.7 Å². The first-order chi connectivity index (χ1) is 8.26. The molecule has 0 aliphatic carbocycles. The van der Waals surface area contributed by atoms with Crippen LogP contribution in [-0.4, -0.2) is 14.2 Å².